The van der Waals surface area contributed by atoms with Crippen LogP contribution in [0.25, 0.3) is 16.7 Å². The third-order valence-corrected chi connectivity index (χ3v) is 6.08. The monoisotopic (exact) mass is 456 g/mol. The Morgan fingerprint density at radius 1 is 0.971 bits per heavy atom. The van der Waals surface area contributed by atoms with Crippen molar-refractivity contribution in [2.24, 2.45) is 0 Å². The predicted molar refractivity (Wildman–Crippen MR) is 137 cm³/mol. The first-order valence-corrected chi connectivity index (χ1v) is 12.0. The molecule has 1 heterocycles. The number of hydrogen-bond acceptors (Lipinski definition) is 4. The number of carbonyl (C=O) groups excluding carboxylic acids is 1. The van der Waals surface area contributed by atoms with E-state index in [1.807, 2.05) is 42.5 Å². The zero-order chi connectivity index (χ0) is 23.9. The molecule has 176 valence electrons. The van der Waals surface area contributed by atoms with Gasteiger partial charge < -0.3 is 10.1 Å². The van der Waals surface area contributed by atoms with Crippen molar-refractivity contribution < 1.29 is 9.53 Å². The van der Waals surface area contributed by atoms with Gasteiger partial charge in [-0.15, -0.1) is 10.2 Å². The number of fused-ring (bicyclic) bond motifs is 1. The number of nitrogens with one attached hydrogen (secondary N) is 1. The molecule has 0 saturated heterocycles. The number of aromatic nitrogens is 3. The van der Waals surface area contributed by atoms with Gasteiger partial charge >= 0.3 is 0 Å². The predicted octanol–water partition coefficient (Wildman–Crippen LogP) is 6.29. The molecule has 4 aromatic rings. The number of anilines is 1. The fourth-order valence-corrected chi connectivity index (χ4v) is 3.76. The molecular weight excluding hydrogens is 424 g/mol. The van der Waals surface area contributed by atoms with Gasteiger partial charge in [0.1, 0.15) is 16.8 Å². The van der Waals surface area contributed by atoms with Crippen LogP contribution in [0, 0.1) is 0 Å². The van der Waals surface area contributed by atoms with Crippen molar-refractivity contribution in [3.05, 3.63) is 77.9 Å². The highest BCUT2D eigenvalue weighted by atomic mass is 16.5. The summed E-state index contributed by atoms with van der Waals surface area (Å²) in [7, 11) is 0. The van der Waals surface area contributed by atoms with E-state index >= 15 is 0 Å². The van der Waals surface area contributed by atoms with E-state index in [-0.39, 0.29) is 12.5 Å². The SMILES string of the molecule is CCCCc1ccc(-n2nc3ccc(NC(=O)COc4ccc(C(C)CC)cc4)cc3n2)cc1. The van der Waals surface area contributed by atoms with Gasteiger partial charge in [-0.1, -0.05) is 51.5 Å². The standard InChI is InChI=1S/C28H32N4O2/c1-4-6-7-21-8-13-24(14-9-21)32-30-26-17-12-23(18-27(26)31-32)29-28(33)19-34-25-15-10-22(11-16-25)20(3)5-2/h8-18,20H,4-7,19H2,1-3H3,(H,29,33). The zero-order valence-corrected chi connectivity index (χ0v) is 20.1. The summed E-state index contributed by atoms with van der Waals surface area (Å²) in [6.45, 7) is 6.51. The molecule has 0 spiro atoms. The van der Waals surface area contributed by atoms with E-state index in [9.17, 15) is 4.79 Å². The van der Waals surface area contributed by atoms with E-state index in [4.69, 9.17) is 4.74 Å². The highest BCUT2D eigenvalue weighted by Gasteiger charge is 2.09. The smallest absolute Gasteiger partial charge is 0.262 e. The van der Waals surface area contributed by atoms with Gasteiger partial charge in [0.2, 0.25) is 0 Å². The Bertz CT molecular complexity index is 1230. The normalized spacial score (nSPS) is 12.0. The number of amides is 1. The molecule has 0 radical (unpaired) electrons. The van der Waals surface area contributed by atoms with Crippen molar-refractivity contribution in [2.45, 2.75) is 52.4 Å². The number of nitrogens with zero attached hydrogens (tertiary/aromatic N) is 3. The molecule has 3 aromatic carbocycles. The van der Waals surface area contributed by atoms with Crippen LogP contribution >= 0.6 is 0 Å². The van der Waals surface area contributed by atoms with E-state index in [1.54, 1.807) is 4.80 Å². The maximum atomic E-state index is 12.4. The minimum atomic E-state index is -0.222. The quantitative estimate of drug-likeness (QED) is 0.304. The summed E-state index contributed by atoms with van der Waals surface area (Å²) in [6, 6.07) is 21.8. The highest BCUT2D eigenvalue weighted by molar-refractivity contribution is 5.93. The molecular formula is C28H32N4O2. The zero-order valence-electron chi connectivity index (χ0n) is 20.1. The molecule has 0 aliphatic heterocycles. The van der Waals surface area contributed by atoms with Gasteiger partial charge in [0.05, 0.1) is 5.69 Å². The molecule has 4 rings (SSSR count). The molecule has 0 bridgehead atoms. The second-order valence-corrected chi connectivity index (χ2v) is 8.68. The second kappa shape index (κ2) is 11.0. The maximum absolute atomic E-state index is 12.4. The minimum absolute atomic E-state index is 0.0578. The van der Waals surface area contributed by atoms with Gasteiger partial charge in [-0.05, 0) is 78.8 Å². The van der Waals surface area contributed by atoms with Gasteiger partial charge in [0.15, 0.2) is 6.61 Å². The van der Waals surface area contributed by atoms with Crippen molar-refractivity contribution in [3.8, 4) is 11.4 Å². The van der Waals surface area contributed by atoms with Crippen molar-refractivity contribution in [3.63, 3.8) is 0 Å². The lowest BCUT2D eigenvalue weighted by atomic mass is 9.99. The Labute approximate surface area is 200 Å². The summed E-state index contributed by atoms with van der Waals surface area (Å²) in [6.07, 6.45) is 4.55. The molecule has 1 unspecified atom stereocenters. The average molecular weight is 457 g/mol. The van der Waals surface area contributed by atoms with E-state index in [1.165, 1.54) is 24.0 Å². The number of carbonyl (C=O) groups is 1. The molecule has 6 nitrogen and oxygen atoms in total. The second-order valence-electron chi connectivity index (χ2n) is 8.68. The molecule has 1 amide bonds. The van der Waals surface area contributed by atoms with Crippen LogP contribution in [0.3, 0.4) is 0 Å². The Hall–Kier alpha value is -3.67. The summed E-state index contributed by atoms with van der Waals surface area (Å²) in [5.74, 6) is 0.970. The van der Waals surface area contributed by atoms with Crippen LogP contribution in [0.5, 0.6) is 5.75 Å². The fourth-order valence-electron chi connectivity index (χ4n) is 3.76. The van der Waals surface area contributed by atoms with Gasteiger partial charge in [-0.2, -0.15) is 4.80 Å². The molecule has 6 heteroatoms. The van der Waals surface area contributed by atoms with Crippen LogP contribution in [0.2, 0.25) is 0 Å². The third-order valence-electron chi connectivity index (χ3n) is 6.08. The lowest BCUT2D eigenvalue weighted by molar-refractivity contribution is -0.118. The first kappa shape index (κ1) is 23.5. The summed E-state index contributed by atoms with van der Waals surface area (Å²) < 4.78 is 5.65. The van der Waals surface area contributed by atoms with Crippen molar-refractivity contribution in [1.29, 1.82) is 0 Å². The van der Waals surface area contributed by atoms with Crippen LogP contribution in [0.15, 0.2) is 66.7 Å². The Morgan fingerprint density at radius 2 is 1.71 bits per heavy atom. The van der Waals surface area contributed by atoms with Crippen molar-refractivity contribution >= 4 is 22.6 Å². The van der Waals surface area contributed by atoms with E-state index in [0.29, 0.717) is 17.4 Å². The Morgan fingerprint density at radius 3 is 2.41 bits per heavy atom. The first-order valence-electron chi connectivity index (χ1n) is 12.0. The van der Waals surface area contributed by atoms with Crippen LogP contribution in [0.4, 0.5) is 5.69 Å². The fraction of sp³-hybridized carbons (Fsp3) is 0.321. The molecule has 0 saturated carbocycles. The molecule has 1 N–H and O–H groups in total. The maximum Gasteiger partial charge on any atom is 0.262 e. The number of aryl methyl sites for hydroxylation is 1. The third kappa shape index (κ3) is 5.81. The van der Waals surface area contributed by atoms with E-state index in [2.05, 4.69) is 60.6 Å². The minimum Gasteiger partial charge on any atom is -0.484 e. The van der Waals surface area contributed by atoms with Crippen LogP contribution in [-0.4, -0.2) is 27.5 Å². The largest absolute Gasteiger partial charge is 0.484 e. The van der Waals surface area contributed by atoms with Crippen molar-refractivity contribution in [2.75, 3.05) is 11.9 Å². The average Bonchev–Trinajstić information content (AvgIpc) is 3.30. The molecule has 0 fully saturated rings. The van der Waals surface area contributed by atoms with E-state index in [0.717, 1.165) is 29.6 Å². The van der Waals surface area contributed by atoms with Gasteiger partial charge in [-0.25, -0.2) is 0 Å². The molecule has 0 aliphatic carbocycles. The lowest BCUT2D eigenvalue weighted by Crippen LogP contribution is -2.20. The van der Waals surface area contributed by atoms with Crippen LogP contribution in [0.1, 0.15) is 57.1 Å². The molecule has 1 atom stereocenters. The number of ether oxygens (including phenoxy) is 1. The van der Waals surface area contributed by atoms with Gasteiger partial charge in [-0.3, -0.25) is 4.79 Å². The Balaban J connectivity index is 1.36. The number of rotatable bonds is 10. The van der Waals surface area contributed by atoms with E-state index < -0.39 is 0 Å². The van der Waals surface area contributed by atoms with Gasteiger partial charge in [0, 0.05) is 5.69 Å². The molecule has 0 aliphatic rings. The number of hydrogen-bond donors (Lipinski definition) is 1. The lowest BCUT2D eigenvalue weighted by Gasteiger charge is -2.11. The van der Waals surface area contributed by atoms with Crippen molar-refractivity contribution in [1.82, 2.24) is 15.0 Å². The number of benzene rings is 3. The topological polar surface area (TPSA) is 69.0 Å². The highest BCUT2D eigenvalue weighted by Crippen LogP contribution is 2.22. The van der Waals surface area contributed by atoms with Crippen LogP contribution < -0.4 is 10.1 Å². The van der Waals surface area contributed by atoms with Crippen LogP contribution in [-0.2, 0) is 11.2 Å². The van der Waals surface area contributed by atoms with Gasteiger partial charge in [0.25, 0.3) is 5.91 Å². The molecule has 1 aromatic heterocycles. The Kier molecular flexibility index (Phi) is 7.58. The summed E-state index contributed by atoms with van der Waals surface area (Å²) in [4.78, 5) is 14.0. The summed E-state index contributed by atoms with van der Waals surface area (Å²) in [5.41, 5.74) is 5.65. The first-order chi connectivity index (χ1) is 16.6. The summed E-state index contributed by atoms with van der Waals surface area (Å²) >= 11 is 0. The molecule has 34 heavy (non-hydrogen) atoms. The number of unbranched alkanes of at least 4 members (excludes halogenated alkanes) is 1. The summed E-state index contributed by atoms with van der Waals surface area (Å²) in [5, 5.41) is 12.0.